The van der Waals surface area contributed by atoms with Gasteiger partial charge in [-0.05, 0) is 36.8 Å². The molecule has 1 aromatic heterocycles. The van der Waals surface area contributed by atoms with Gasteiger partial charge in [0.2, 0.25) is 0 Å². The van der Waals surface area contributed by atoms with Gasteiger partial charge in [0.15, 0.2) is 0 Å². The second-order valence-electron chi connectivity index (χ2n) is 5.56. The van der Waals surface area contributed by atoms with Gasteiger partial charge in [-0.15, -0.1) is 10.2 Å². The summed E-state index contributed by atoms with van der Waals surface area (Å²) in [5, 5.41) is 7.04. The summed E-state index contributed by atoms with van der Waals surface area (Å²) in [4.78, 5) is 12.5. The zero-order valence-corrected chi connectivity index (χ0v) is 16.2. The predicted octanol–water partition coefficient (Wildman–Crippen LogP) is 2.56. The number of nitrogens with zero attached hydrogens (tertiary/aromatic N) is 3. The first-order chi connectivity index (χ1) is 12.4. The van der Waals surface area contributed by atoms with Crippen molar-refractivity contribution >= 4 is 31.6 Å². The average Bonchev–Trinajstić information content (AvgIpc) is 2.61. The van der Waals surface area contributed by atoms with Crippen LogP contribution < -0.4 is 10.3 Å². The van der Waals surface area contributed by atoms with Gasteiger partial charge >= 0.3 is 0 Å². The van der Waals surface area contributed by atoms with Crippen molar-refractivity contribution in [3.8, 4) is 0 Å². The summed E-state index contributed by atoms with van der Waals surface area (Å²) >= 11 is 3.34. The fourth-order valence-electron chi connectivity index (χ4n) is 2.31. The van der Waals surface area contributed by atoms with Crippen molar-refractivity contribution in [1.29, 1.82) is 0 Å². The van der Waals surface area contributed by atoms with Gasteiger partial charge in [-0.3, -0.25) is 14.1 Å². The second kappa shape index (κ2) is 7.38. The maximum absolute atomic E-state index is 12.7. The summed E-state index contributed by atoms with van der Waals surface area (Å²) in [7, 11) is -4.08. The lowest BCUT2D eigenvalue weighted by Crippen LogP contribution is -2.32. The maximum atomic E-state index is 12.7. The maximum Gasteiger partial charge on any atom is 0.297 e. The van der Waals surface area contributed by atoms with Gasteiger partial charge in [-0.1, -0.05) is 46.3 Å². The molecule has 0 unspecified atom stereocenters. The lowest BCUT2D eigenvalue weighted by atomic mass is 10.2. The minimum absolute atomic E-state index is 0.0630. The summed E-state index contributed by atoms with van der Waals surface area (Å²) in [5.74, 6) is 0. The first-order valence-electron chi connectivity index (χ1n) is 7.63. The highest BCUT2D eigenvalue weighted by molar-refractivity contribution is 9.10. The van der Waals surface area contributed by atoms with E-state index in [2.05, 4.69) is 30.8 Å². The van der Waals surface area contributed by atoms with Gasteiger partial charge in [-0.2, -0.15) is 8.42 Å². The number of sulfonamides is 1. The van der Waals surface area contributed by atoms with E-state index >= 15 is 0 Å². The van der Waals surface area contributed by atoms with Crippen LogP contribution in [0.5, 0.6) is 0 Å². The Balaban J connectivity index is 2.05. The van der Waals surface area contributed by atoms with Crippen molar-refractivity contribution in [3.05, 3.63) is 80.7 Å². The number of aryl methyl sites for hydroxylation is 1. The van der Waals surface area contributed by atoms with Crippen LogP contribution in [0.3, 0.4) is 0 Å². The SMILES string of the molecule is Cc1nnc(S(=O)(=O)Nc2ccccc2)n(Cc2ccc(Br)cc2)c1=O. The van der Waals surface area contributed by atoms with Crippen LogP contribution in [0, 0.1) is 6.92 Å². The van der Waals surface area contributed by atoms with Crippen LogP contribution in [0.1, 0.15) is 11.3 Å². The quantitative estimate of drug-likeness (QED) is 0.665. The molecular formula is C17H15BrN4O3S. The van der Waals surface area contributed by atoms with Crippen molar-refractivity contribution in [2.75, 3.05) is 4.72 Å². The Morgan fingerprint density at radius 3 is 2.35 bits per heavy atom. The third-order valence-electron chi connectivity index (χ3n) is 3.59. The van der Waals surface area contributed by atoms with Gasteiger partial charge in [-0.25, -0.2) is 0 Å². The van der Waals surface area contributed by atoms with E-state index in [0.717, 1.165) is 14.6 Å². The van der Waals surface area contributed by atoms with Crippen LogP contribution in [0.2, 0.25) is 0 Å². The Morgan fingerprint density at radius 1 is 1.04 bits per heavy atom. The van der Waals surface area contributed by atoms with Crippen molar-refractivity contribution in [1.82, 2.24) is 14.8 Å². The van der Waals surface area contributed by atoms with Crippen molar-refractivity contribution in [2.45, 2.75) is 18.6 Å². The van der Waals surface area contributed by atoms with Crippen LogP contribution in [-0.4, -0.2) is 23.2 Å². The molecule has 0 aliphatic carbocycles. The summed E-state index contributed by atoms with van der Waals surface area (Å²) in [6.45, 7) is 1.56. The van der Waals surface area contributed by atoms with Gasteiger partial charge in [0, 0.05) is 10.2 Å². The lowest BCUT2D eigenvalue weighted by Gasteiger charge is -2.13. The van der Waals surface area contributed by atoms with Crippen LogP contribution >= 0.6 is 15.9 Å². The van der Waals surface area contributed by atoms with E-state index in [1.54, 1.807) is 42.5 Å². The molecule has 0 aliphatic heterocycles. The van der Waals surface area contributed by atoms with Gasteiger partial charge < -0.3 is 0 Å². The minimum atomic E-state index is -4.08. The molecule has 0 bridgehead atoms. The number of nitrogens with one attached hydrogen (secondary N) is 1. The number of benzene rings is 2. The second-order valence-corrected chi connectivity index (χ2v) is 8.05. The lowest BCUT2D eigenvalue weighted by molar-refractivity contribution is 0.544. The van der Waals surface area contributed by atoms with Gasteiger partial charge in [0.1, 0.15) is 5.69 Å². The molecule has 1 heterocycles. The Kier molecular flexibility index (Phi) is 5.19. The molecule has 2 aromatic carbocycles. The van der Waals surface area contributed by atoms with E-state index in [9.17, 15) is 13.2 Å². The smallest absolute Gasteiger partial charge is 0.277 e. The molecule has 3 rings (SSSR count). The molecule has 0 saturated heterocycles. The number of halogens is 1. The molecule has 0 atom stereocenters. The highest BCUT2D eigenvalue weighted by Gasteiger charge is 2.23. The van der Waals surface area contributed by atoms with Gasteiger partial charge in [0.25, 0.3) is 20.7 Å². The third kappa shape index (κ3) is 4.00. The zero-order valence-electron chi connectivity index (χ0n) is 13.8. The Hall–Kier alpha value is -2.52. The summed E-state index contributed by atoms with van der Waals surface area (Å²) in [5.41, 5.74) is 0.758. The monoisotopic (exact) mass is 434 g/mol. The molecule has 0 saturated carbocycles. The number of aromatic nitrogens is 3. The highest BCUT2D eigenvalue weighted by atomic mass is 79.9. The number of anilines is 1. The fourth-order valence-corrected chi connectivity index (χ4v) is 3.70. The molecule has 1 N–H and O–H groups in total. The van der Waals surface area contributed by atoms with Gasteiger partial charge in [0.05, 0.1) is 6.54 Å². The largest absolute Gasteiger partial charge is 0.297 e. The molecule has 26 heavy (non-hydrogen) atoms. The number of rotatable bonds is 5. The topological polar surface area (TPSA) is 93.9 Å². The normalized spacial score (nSPS) is 11.3. The van der Waals surface area contributed by atoms with Crippen LogP contribution in [0.25, 0.3) is 0 Å². The average molecular weight is 435 g/mol. The van der Waals surface area contributed by atoms with Crippen LogP contribution in [-0.2, 0) is 16.6 Å². The molecule has 0 fully saturated rings. The minimum Gasteiger partial charge on any atom is -0.277 e. The molecule has 7 nitrogen and oxygen atoms in total. The van der Waals surface area contributed by atoms with Crippen LogP contribution in [0.15, 0.2) is 69.0 Å². The first-order valence-corrected chi connectivity index (χ1v) is 9.91. The van der Waals surface area contributed by atoms with Crippen molar-refractivity contribution in [3.63, 3.8) is 0 Å². The number of para-hydroxylation sites is 1. The molecular weight excluding hydrogens is 420 g/mol. The van der Waals surface area contributed by atoms with E-state index in [4.69, 9.17) is 0 Å². The fraction of sp³-hybridized carbons (Fsp3) is 0.118. The van der Waals surface area contributed by atoms with E-state index in [1.807, 2.05) is 12.1 Å². The molecule has 0 radical (unpaired) electrons. The summed E-state index contributed by atoms with van der Waals surface area (Å²) in [6, 6.07) is 15.6. The Bertz CT molecular complexity index is 1080. The zero-order chi connectivity index (χ0) is 18.7. The van der Waals surface area contributed by atoms with Crippen molar-refractivity contribution < 1.29 is 8.42 Å². The molecule has 9 heteroatoms. The molecule has 3 aromatic rings. The van der Waals surface area contributed by atoms with E-state index in [1.165, 1.54) is 6.92 Å². The Morgan fingerprint density at radius 2 is 1.69 bits per heavy atom. The molecule has 0 amide bonds. The van der Waals surface area contributed by atoms with E-state index in [0.29, 0.717) is 5.69 Å². The molecule has 134 valence electrons. The van der Waals surface area contributed by atoms with E-state index in [-0.39, 0.29) is 12.2 Å². The summed E-state index contributed by atoms with van der Waals surface area (Å²) < 4.78 is 29.9. The standard InChI is InChI=1S/C17H15BrN4O3S/c1-12-16(23)22(11-13-7-9-14(18)10-8-13)17(20-19-12)26(24,25)21-15-5-3-2-4-6-15/h2-10,21H,11H2,1H3. The number of hydrogen-bond acceptors (Lipinski definition) is 5. The highest BCUT2D eigenvalue weighted by Crippen LogP contribution is 2.15. The Labute approximate surface area is 158 Å². The number of hydrogen-bond donors (Lipinski definition) is 1. The molecule has 0 aliphatic rings. The predicted molar refractivity (Wildman–Crippen MR) is 102 cm³/mol. The van der Waals surface area contributed by atoms with Crippen LogP contribution in [0.4, 0.5) is 5.69 Å². The van der Waals surface area contributed by atoms with E-state index < -0.39 is 20.7 Å². The van der Waals surface area contributed by atoms with Crippen molar-refractivity contribution in [2.24, 2.45) is 0 Å². The third-order valence-corrected chi connectivity index (χ3v) is 5.41. The summed E-state index contributed by atoms with van der Waals surface area (Å²) in [6.07, 6.45) is 0. The first kappa shape index (κ1) is 18.3. The molecule has 0 spiro atoms.